The first kappa shape index (κ1) is 15.5. The lowest BCUT2D eigenvalue weighted by molar-refractivity contribution is 0.0946. The van der Waals surface area contributed by atoms with Crippen molar-refractivity contribution in [1.82, 2.24) is 20.4 Å². The Morgan fingerprint density at radius 2 is 2.04 bits per heavy atom. The van der Waals surface area contributed by atoms with Crippen molar-refractivity contribution in [2.45, 2.75) is 6.54 Å². The van der Waals surface area contributed by atoms with Gasteiger partial charge in [-0.15, -0.1) is 0 Å². The Morgan fingerprint density at radius 1 is 1.25 bits per heavy atom. The maximum atomic E-state index is 11.9. The molecule has 0 spiro atoms. The molecular formula is C16H14N4O4. The van der Waals surface area contributed by atoms with Crippen LogP contribution in [0.1, 0.15) is 16.2 Å². The van der Waals surface area contributed by atoms with Crippen LogP contribution in [0.25, 0.3) is 11.4 Å². The molecule has 2 aromatic heterocycles. The van der Waals surface area contributed by atoms with Gasteiger partial charge in [0.25, 0.3) is 5.91 Å². The predicted molar refractivity (Wildman–Crippen MR) is 84.5 cm³/mol. The number of methoxy groups -OCH3 is 1. The Labute approximate surface area is 136 Å². The molecule has 0 aliphatic rings. The second kappa shape index (κ2) is 6.78. The molecule has 0 bridgehead atoms. The second-order valence-electron chi connectivity index (χ2n) is 4.86. The summed E-state index contributed by atoms with van der Waals surface area (Å²) in [5.74, 6) is 1.08. The minimum atomic E-state index is -0.351. The van der Waals surface area contributed by atoms with E-state index in [0.717, 1.165) is 11.3 Å². The molecule has 3 aromatic rings. The fourth-order valence-corrected chi connectivity index (χ4v) is 1.99. The largest absolute Gasteiger partial charge is 0.497 e. The molecule has 24 heavy (non-hydrogen) atoms. The molecule has 0 saturated heterocycles. The molecule has 3 rings (SSSR count). The van der Waals surface area contributed by atoms with E-state index in [-0.39, 0.29) is 23.9 Å². The number of pyridine rings is 1. The Hall–Kier alpha value is -3.42. The van der Waals surface area contributed by atoms with E-state index in [4.69, 9.17) is 9.26 Å². The van der Waals surface area contributed by atoms with Crippen LogP contribution >= 0.6 is 0 Å². The van der Waals surface area contributed by atoms with E-state index in [2.05, 4.69) is 20.4 Å². The SMILES string of the molecule is COc1ccc(-c2noc(CNC(=O)c3ccc(=O)[nH]c3)n2)cc1. The van der Waals surface area contributed by atoms with Crippen molar-refractivity contribution in [2.24, 2.45) is 0 Å². The van der Waals surface area contributed by atoms with Crippen LogP contribution in [0.3, 0.4) is 0 Å². The zero-order valence-corrected chi connectivity index (χ0v) is 12.8. The summed E-state index contributed by atoms with van der Waals surface area (Å²) in [6.07, 6.45) is 1.34. The van der Waals surface area contributed by atoms with Gasteiger partial charge in [0, 0.05) is 17.8 Å². The lowest BCUT2D eigenvalue weighted by Crippen LogP contribution is -2.23. The summed E-state index contributed by atoms with van der Waals surface area (Å²) >= 11 is 0. The quantitative estimate of drug-likeness (QED) is 0.732. The van der Waals surface area contributed by atoms with E-state index in [1.807, 2.05) is 12.1 Å². The summed E-state index contributed by atoms with van der Waals surface area (Å²) in [6, 6.07) is 9.93. The van der Waals surface area contributed by atoms with Gasteiger partial charge >= 0.3 is 0 Å². The molecule has 1 aromatic carbocycles. The van der Waals surface area contributed by atoms with Gasteiger partial charge in [-0.2, -0.15) is 4.98 Å². The third-order valence-corrected chi connectivity index (χ3v) is 3.26. The van der Waals surface area contributed by atoms with Crippen LogP contribution in [0, 0.1) is 0 Å². The highest BCUT2D eigenvalue weighted by Gasteiger charge is 2.11. The van der Waals surface area contributed by atoms with Crippen LogP contribution in [0.5, 0.6) is 5.75 Å². The molecule has 0 fully saturated rings. The Bertz CT molecular complexity index is 878. The molecule has 0 aliphatic carbocycles. The minimum absolute atomic E-state index is 0.0844. The van der Waals surface area contributed by atoms with Crippen molar-refractivity contribution in [3.05, 3.63) is 64.4 Å². The maximum absolute atomic E-state index is 11.9. The van der Waals surface area contributed by atoms with Gasteiger partial charge in [0.15, 0.2) is 0 Å². The van der Waals surface area contributed by atoms with Gasteiger partial charge in [0.2, 0.25) is 17.3 Å². The fourth-order valence-electron chi connectivity index (χ4n) is 1.99. The highest BCUT2D eigenvalue weighted by Crippen LogP contribution is 2.19. The van der Waals surface area contributed by atoms with Crippen LogP contribution < -0.4 is 15.6 Å². The summed E-state index contributed by atoms with van der Waals surface area (Å²) in [5.41, 5.74) is 0.842. The molecule has 0 saturated carbocycles. The molecule has 1 amide bonds. The van der Waals surface area contributed by atoms with Crippen molar-refractivity contribution in [3.8, 4) is 17.1 Å². The number of hydrogen-bond donors (Lipinski definition) is 2. The zero-order valence-electron chi connectivity index (χ0n) is 12.8. The number of benzene rings is 1. The summed E-state index contributed by atoms with van der Waals surface area (Å²) < 4.78 is 10.2. The number of amides is 1. The van der Waals surface area contributed by atoms with Crippen molar-refractivity contribution in [3.63, 3.8) is 0 Å². The minimum Gasteiger partial charge on any atom is -0.497 e. The Morgan fingerprint density at radius 3 is 2.71 bits per heavy atom. The normalized spacial score (nSPS) is 10.4. The van der Waals surface area contributed by atoms with E-state index >= 15 is 0 Å². The van der Waals surface area contributed by atoms with E-state index in [1.54, 1.807) is 19.2 Å². The maximum Gasteiger partial charge on any atom is 0.253 e. The molecular weight excluding hydrogens is 312 g/mol. The third-order valence-electron chi connectivity index (χ3n) is 3.26. The standard InChI is InChI=1S/C16H14N4O4/c1-23-12-5-2-10(3-6-12)15-19-14(24-20-15)9-18-16(22)11-4-7-13(21)17-8-11/h2-8H,9H2,1H3,(H,17,21)(H,18,22). The van der Waals surface area contributed by atoms with E-state index in [9.17, 15) is 9.59 Å². The van der Waals surface area contributed by atoms with E-state index in [1.165, 1.54) is 18.3 Å². The first-order valence-electron chi connectivity index (χ1n) is 7.09. The number of nitrogens with one attached hydrogen (secondary N) is 2. The van der Waals surface area contributed by atoms with Crippen molar-refractivity contribution in [2.75, 3.05) is 7.11 Å². The molecule has 8 heteroatoms. The van der Waals surface area contributed by atoms with Crippen LogP contribution in [0.2, 0.25) is 0 Å². The summed E-state index contributed by atoms with van der Waals surface area (Å²) in [7, 11) is 1.59. The van der Waals surface area contributed by atoms with Gasteiger partial charge < -0.3 is 19.6 Å². The Balaban J connectivity index is 1.64. The lowest BCUT2D eigenvalue weighted by Gasteiger charge is -2.01. The van der Waals surface area contributed by atoms with Crippen LogP contribution in [-0.2, 0) is 6.54 Å². The van der Waals surface area contributed by atoms with Gasteiger partial charge in [-0.25, -0.2) is 0 Å². The molecule has 2 N–H and O–H groups in total. The summed E-state index contributed by atoms with van der Waals surface area (Å²) in [6.45, 7) is 0.0844. The number of carbonyl (C=O) groups excluding carboxylic acids is 1. The average molecular weight is 326 g/mol. The molecule has 0 unspecified atom stereocenters. The predicted octanol–water partition coefficient (Wildman–Crippen LogP) is 1.36. The van der Waals surface area contributed by atoms with E-state index < -0.39 is 0 Å². The first-order chi connectivity index (χ1) is 11.7. The number of carbonyl (C=O) groups is 1. The van der Waals surface area contributed by atoms with Crippen molar-refractivity contribution < 1.29 is 14.1 Å². The molecule has 8 nitrogen and oxygen atoms in total. The van der Waals surface area contributed by atoms with Crippen molar-refractivity contribution in [1.29, 1.82) is 0 Å². The van der Waals surface area contributed by atoms with Crippen LogP contribution in [-0.4, -0.2) is 28.1 Å². The number of hydrogen-bond acceptors (Lipinski definition) is 6. The first-order valence-corrected chi connectivity index (χ1v) is 7.09. The van der Waals surface area contributed by atoms with Crippen molar-refractivity contribution >= 4 is 5.91 Å². The third kappa shape index (κ3) is 3.49. The number of ether oxygens (including phenoxy) is 1. The highest BCUT2D eigenvalue weighted by molar-refractivity contribution is 5.93. The Kier molecular flexibility index (Phi) is 4.37. The molecule has 122 valence electrons. The summed E-state index contributed by atoms with van der Waals surface area (Å²) in [4.78, 5) is 29.6. The number of nitrogens with zero attached hydrogens (tertiary/aromatic N) is 2. The average Bonchev–Trinajstić information content (AvgIpc) is 3.09. The van der Waals surface area contributed by atoms with Gasteiger partial charge in [0.05, 0.1) is 19.2 Å². The van der Waals surface area contributed by atoms with Gasteiger partial charge in [-0.1, -0.05) is 5.16 Å². The van der Waals surface area contributed by atoms with Crippen LogP contribution in [0.4, 0.5) is 0 Å². The monoisotopic (exact) mass is 326 g/mol. The van der Waals surface area contributed by atoms with Crippen LogP contribution in [0.15, 0.2) is 51.9 Å². The number of aromatic nitrogens is 3. The molecule has 0 radical (unpaired) electrons. The molecule has 0 atom stereocenters. The smallest absolute Gasteiger partial charge is 0.253 e. The van der Waals surface area contributed by atoms with Gasteiger partial charge in [0.1, 0.15) is 5.75 Å². The van der Waals surface area contributed by atoms with Gasteiger partial charge in [-0.3, -0.25) is 9.59 Å². The summed E-state index contributed by atoms with van der Waals surface area (Å²) in [5, 5.41) is 6.52. The number of H-pyrrole nitrogens is 1. The molecule has 2 heterocycles. The lowest BCUT2D eigenvalue weighted by atomic mass is 10.2. The second-order valence-corrected chi connectivity index (χ2v) is 4.86. The number of rotatable bonds is 5. The molecule has 0 aliphatic heterocycles. The fraction of sp³-hybridized carbons (Fsp3) is 0.125. The topological polar surface area (TPSA) is 110 Å². The highest BCUT2D eigenvalue weighted by atomic mass is 16.5. The van der Waals surface area contributed by atoms with E-state index in [0.29, 0.717) is 11.4 Å². The zero-order chi connectivity index (χ0) is 16.9. The van der Waals surface area contributed by atoms with Gasteiger partial charge in [-0.05, 0) is 30.3 Å². The number of aromatic amines is 1.